The van der Waals surface area contributed by atoms with Crippen molar-refractivity contribution in [1.82, 2.24) is 19.9 Å². The van der Waals surface area contributed by atoms with Gasteiger partial charge < -0.3 is 10.2 Å². The van der Waals surface area contributed by atoms with E-state index in [0.717, 1.165) is 35.9 Å². The van der Waals surface area contributed by atoms with Gasteiger partial charge in [-0.25, -0.2) is 9.50 Å². The zero-order valence-electron chi connectivity index (χ0n) is 17.1. The van der Waals surface area contributed by atoms with Crippen molar-refractivity contribution in [2.24, 2.45) is 5.92 Å². The zero-order chi connectivity index (χ0) is 20.1. The number of hydrogen-bond acceptors (Lipinski definition) is 4. The molecular formula is C22H29N5O. The molecule has 1 atom stereocenters. The van der Waals surface area contributed by atoms with Crippen LogP contribution in [0.4, 0.5) is 5.69 Å². The number of amides is 1. The van der Waals surface area contributed by atoms with Crippen molar-refractivity contribution in [3.8, 4) is 0 Å². The summed E-state index contributed by atoms with van der Waals surface area (Å²) in [6, 6.07) is 14.2. The number of fused-ring (bicyclic) bond motifs is 1. The molecule has 1 unspecified atom stereocenters. The average Bonchev–Trinajstić information content (AvgIpc) is 3.34. The van der Waals surface area contributed by atoms with E-state index in [9.17, 15) is 4.79 Å². The van der Waals surface area contributed by atoms with Crippen molar-refractivity contribution in [1.29, 1.82) is 0 Å². The summed E-state index contributed by atoms with van der Waals surface area (Å²) >= 11 is 0. The van der Waals surface area contributed by atoms with Crippen LogP contribution in [0.2, 0.25) is 0 Å². The molecule has 4 rings (SSSR count). The number of benzene rings is 1. The third-order valence-corrected chi connectivity index (χ3v) is 4.96. The topological polar surface area (TPSA) is 62.5 Å². The molecule has 6 heteroatoms. The van der Waals surface area contributed by atoms with Crippen LogP contribution in [0.25, 0.3) is 5.65 Å². The van der Waals surface area contributed by atoms with E-state index >= 15 is 0 Å². The number of carbonyl (C=O) groups excluding carboxylic acids is 1. The Morgan fingerprint density at radius 2 is 1.82 bits per heavy atom. The van der Waals surface area contributed by atoms with Crippen LogP contribution in [0.5, 0.6) is 0 Å². The lowest BCUT2D eigenvalue weighted by Crippen LogP contribution is -2.20. The normalized spacial score (nSPS) is 16.2. The SMILES string of the molecule is CNC(=O)c1nc2c(C(C)C)cc(N3CCC(C)C3)cn2n1.c1ccccc1. The first kappa shape index (κ1) is 19.9. The fraction of sp³-hybridized carbons (Fsp3) is 0.409. The smallest absolute Gasteiger partial charge is 0.290 e. The lowest BCUT2D eigenvalue weighted by atomic mass is 10.0. The summed E-state index contributed by atoms with van der Waals surface area (Å²) in [5.41, 5.74) is 3.05. The third-order valence-electron chi connectivity index (χ3n) is 4.96. The first-order chi connectivity index (χ1) is 13.5. The first-order valence-corrected chi connectivity index (χ1v) is 9.87. The fourth-order valence-electron chi connectivity index (χ4n) is 3.36. The van der Waals surface area contributed by atoms with E-state index in [1.165, 1.54) is 6.42 Å². The molecule has 148 valence electrons. The standard InChI is InChI=1S/C16H23N5O.C6H6/c1-10(2)13-7-12(20-6-5-11(3)8-20)9-21-15(13)18-14(19-21)16(22)17-4;1-2-4-6-5-3-1/h7,9-11H,5-6,8H2,1-4H3,(H,17,22);1-6H. The largest absolute Gasteiger partial charge is 0.370 e. The highest BCUT2D eigenvalue weighted by atomic mass is 16.2. The summed E-state index contributed by atoms with van der Waals surface area (Å²) in [7, 11) is 1.59. The Morgan fingerprint density at radius 1 is 1.18 bits per heavy atom. The lowest BCUT2D eigenvalue weighted by Gasteiger charge is -2.20. The van der Waals surface area contributed by atoms with Gasteiger partial charge in [-0.3, -0.25) is 4.79 Å². The molecule has 0 radical (unpaired) electrons. The molecule has 0 aliphatic carbocycles. The minimum absolute atomic E-state index is 0.219. The summed E-state index contributed by atoms with van der Waals surface area (Å²) in [6.07, 6.45) is 3.20. The fourth-order valence-corrected chi connectivity index (χ4v) is 3.36. The highest BCUT2D eigenvalue weighted by Crippen LogP contribution is 2.28. The van der Waals surface area contributed by atoms with Gasteiger partial charge >= 0.3 is 0 Å². The van der Waals surface area contributed by atoms with Crippen LogP contribution in [-0.4, -0.2) is 40.6 Å². The van der Waals surface area contributed by atoms with Crippen molar-refractivity contribution in [2.45, 2.75) is 33.1 Å². The van der Waals surface area contributed by atoms with E-state index < -0.39 is 0 Å². The monoisotopic (exact) mass is 379 g/mol. The number of rotatable bonds is 3. The van der Waals surface area contributed by atoms with Crippen molar-refractivity contribution >= 4 is 17.2 Å². The van der Waals surface area contributed by atoms with Gasteiger partial charge in [-0.1, -0.05) is 57.2 Å². The first-order valence-electron chi connectivity index (χ1n) is 9.87. The Hall–Kier alpha value is -2.89. The van der Waals surface area contributed by atoms with Gasteiger partial charge in [0.1, 0.15) is 0 Å². The van der Waals surface area contributed by atoms with Crippen molar-refractivity contribution in [3.63, 3.8) is 0 Å². The molecule has 3 heterocycles. The van der Waals surface area contributed by atoms with Gasteiger partial charge in [0, 0.05) is 25.7 Å². The van der Waals surface area contributed by atoms with Crippen LogP contribution in [0.3, 0.4) is 0 Å². The van der Waals surface area contributed by atoms with E-state index in [-0.39, 0.29) is 11.7 Å². The Labute approximate surface area is 166 Å². The van der Waals surface area contributed by atoms with Gasteiger partial charge in [-0.05, 0) is 24.3 Å². The number of anilines is 1. The summed E-state index contributed by atoms with van der Waals surface area (Å²) in [5, 5.41) is 6.92. The molecular weight excluding hydrogens is 350 g/mol. The van der Waals surface area contributed by atoms with E-state index in [1.807, 2.05) is 42.6 Å². The summed E-state index contributed by atoms with van der Waals surface area (Å²) < 4.78 is 1.75. The Balaban J connectivity index is 0.000000320. The molecule has 1 aromatic carbocycles. The number of pyridine rings is 1. The van der Waals surface area contributed by atoms with Crippen LogP contribution < -0.4 is 10.2 Å². The second-order valence-corrected chi connectivity index (χ2v) is 7.59. The molecule has 3 aromatic rings. The molecule has 1 saturated heterocycles. The Bertz CT molecular complexity index is 893. The van der Waals surface area contributed by atoms with Gasteiger partial charge in [0.2, 0.25) is 5.82 Å². The molecule has 1 fully saturated rings. The minimum Gasteiger partial charge on any atom is -0.370 e. The average molecular weight is 380 g/mol. The third kappa shape index (κ3) is 4.50. The lowest BCUT2D eigenvalue weighted by molar-refractivity contribution is 0.0953. The van der Waals surface area contributed by atoms with Gasteiger partial charge in [0.05, 0.1) is 11.9 Å². The number of nitrogens with one attached hydrogen (secondary N) is 1. The number of carbonyl (C=O) groups is 1. The van der Waals surface area contributed by atoms with Gasteiger partial charge in [0.25, 0.3) is 5.91 Å². The molecule has 2 aromatic heterocycles. The highest BCUT2D eigenvalue weighted by Gasteiger charge is 2.22. The number of nitrogens with zero attached hydrogens (tertiary/aromatic N) is 4. The van der Waals surface area contributed by atoms with Crippen molar-refractivity contribution in [2.75, 3.05) is 25.0 Å². The molecule has 6 nitrogen and oxygen atoms in total. The van der Waals surface area contributed by atoms with E-state index in [2.05, 4.69) is 47.1 Å². The minimum atomic E-state index is -0.255. The van der Waals surface area contributed by atoms with Gasteiger partial charge in [-0.2, -0.15) is 0 Å². The number of hydrogen-bond donors (Lipinski definition) is 1. The molecule has 0 spiro atoms. The number of aromatic nitrogens is 3. The zero-order valence-corrected chi connectivity index (χ0v) is 17.1. The van der Waals surface area contributed by atoms with Crippen LogP contribution in [0.1, 0.15) is 49.3 Å². The Morgan fingerprint density at radius 3 is 2.32 bits per heavy atom. The summed E-state index contributed by atoms with van der Waals surface area (Å²) in [5.74, 6) is 1.01. The van der Waals surface area contributed by atoms with E-state index in [4.69, 9.17) is 0 Å². The van der Waals surface area contributed by atoms with Gasteiger partial charge in [-0.15, -0.1) is 5.10 Å². The summed E-state index contributed by atoms with van der Waals surface area (Å²) in [4.78, 5) is 18.6. The van der Waals surface area contributed by atoms with E-state index in [1.54, 1.807) is 11.6 Å². The molecule has 0 saturated carbocycles. The second kappa shape index (κ2) is 8.87. The maximum atomic E-state index is 11.8. The molecule has 0 bridgehead atoms. The molecule has 28 heavy (non-hydrogen) atoms. The second-order valence-electron chi connectivity index (χ2n) is 7.59. The van der Waals surface area contributed by atoms with Crippen LogP contribution in [0.15, 0.2) is 48.7 Å². The Kier molecular flexibility index (Phi) is 6.29. The maximum absolute atomic E-state index is 11.8. The quantitative estimate of drug-likeness (QED) is 0.753. The van der Waals surface area contributed by atoms with Crippen molar-refractivity contribution < 1.29 is 4.79 Å². The van der Waals surface area contributed by atoms with Crippen LogP contribution in [-0.2, 0) is 0 Å². The molecule has 1 amide bonds. The summed E-state index contributed by atoms with van der Waals surface area (Å²) in [6.45, 7) is 8.70. The van der Waals surface area contributed by atoms with Crippen molar-refractivity contribution in [3.05, 3.63) is 60.0 Å². The predicted molar refractivity (Wildman–Crippen MR) is 113 cm³/mol. The van der Waals surface area contributed by atoms with Crippen LogP contribution >= 0.6 is 0 Å². The maximum Gasteiger partial charge on any atom is 0.290 e. The molecule has 1 aliphatic heterocycles. The van der Waals surface area contributed by atoms with Gasteiger partial charge in [0.15, 0.2) is 5.65 Å². The molecule has 1 N–H and O–H groups in total. The molecule has 1 aliphatic rings. The van der Waals surface area contributed by atoms with E-state index in [0.29, 0.717) is 5.92 Å². The van der Waals surface area contributed by atoms with Crippen LogP contribution in [0, 0.1) is 5.92 Å². The predicted octanol–water partition coefficient (Wildman–Crippen LogP) is 3.75. The highest BCUT2D eigenvalue weighted by molar-refractivity contribution is 5.90.